The molecule has 0 aliphatic carbocycles. The molecule has 0 bridgehead atoms. The van der Waals surface area contributed by atoms with Crippen LogP contribution < -0.4 is 5.73 Å². The number of nitrogens with two attached hydrogens (primary N) is 1. The molecule has 84 valence electrons. The van der Waals surface area contributed by atoms with Crippen LogP contribution in [0, 0.1) is 0 Å². The van der Waals surface area contributed by atoms with Gasteiger partial charge < -0.3 is 10.7 Å². The van der Waals surface area contributed by atoms with E-state index < -0.39 is 0 Å². The molecule has 0 unspecified atom stereocenters. The average Bonchev–Trinajstić information content (AvgIpc) is 2.73. The summed E-state index contributed by atoms with van der Waals surface area (Å²) in [4.78, 5) is 3.28. The molecule has 0 radical (unpaired) electrons. The molecule has 3 rings (SSSR count). The van der Waals surface area contributed by atoms with Gasteiger partial charge in [-0.3, -0.25) is 0 Å². The third-order valence-electron chi connectivity index (χ3n) is 3.03. The van der Waals surface area contributed by atoms with Gasteiger partial charge >= 0.3 is 0 Å². The van der Waals surface area contributed by atoms with Crippen LogP contribution in [0.3, 0.4) is 0 Å². The number of nitrogen functional groups attached to an aromatic ring is 1. The third-order valence-corrected chi connectivity index (χ3v) is 3.03. The fourth-order valence-electron chi connectivity index (χ4n) is 2.16. The highest BCUT2D eigenvalue weighted by molar-refractivity contribution is 5.86. The zero-order valence-electron chi connectivity index (χ0n) is 9.48. The lowest BCUT2D eigenvalue weighted by Gasteiger charge is -2.00. The molecule has 0 fully saturated rings. The Bertz CT molecular complexity index is 638. The second kappa shape index (κ2) is 3.98. The first-order valence-corrected chi connectivity index (χ1v) is 5.72. The molecule has 3 N–H and O–H groups in total. The van der Waals surface area contributed by atoms with Crippen molar-refractivity contribution in [2.45, 2.75) is 6.42 Å². The van der Waals surface area contributed by atoms with E-state index in [0.29, 0.717) is 0 Å². The molecule has 0 atom stereocenters. The molecule has 0 saturated carbocycles. The van der Waals surface area contributed by atoms with Crippen LogP contribution in [0.15, 0.2) is 54.7 Å². The number of hydrogen-bond acceptors (Lipinski definition) is 1. The first-order valence-electron chi connectivity index (χ1n) is 5.72. The number of aromatic nitrogens is 1. The summed E-state index contributed by atoms with van der Waals surface area (Å²) >= 11 is 0. The van der Waals surface area contributed by atoms with E-state index in [-0.39, 0.29) is 0 Å². The molecule has 3 aromatic rings. The van der Waals surface area contributed by atoms with Gasteiger partial charge in [0, 0.05) is 22.8 Å². The van der Waals surface area contributed by atoms with Gasteiger partial charge in [0.1, 0.15) is 0 Å². The lowest BCUT2D eigenvalue weighted by atomic mass is 10.0. The number of benzene rings is 2. The standard InChI is InChI=1S/C15H14N2/c16-13-6-7-15-14(9-13)12(10-17-15)8-11-4-2-1-3-5-11/h1-7,9-10,17H,8,16H2. The van der Waals surface area contributed by atoms with E-state index in [1.165, 1.54) is 16.5 Å². The maximum atomic E-state index is 5.83. The summed E-state index contributed by atoms with van der Waals surface area (Å²) in [6, 6.07) is 16.4. The van der Waals surface area contributed by atoms with Crippen molar-refractivity contribution in [1.29, 1.82) is 0 Å². The number of fused-ring (bicyclic) bond motifs is 1. The van der Waals surface area contributed by atoms with Crippen LogP contribution in [0.5, 0.6) is 0 Å². The summed E-state index contributed by atoms with van der Waals surface area (Å²) < 4.78 is 0. The molecule has 2 nitrogen and oxygen atoms in total. The van der Waals surface area contributed by atoms with Crippen molar-refractivity contribution in [2.75, 3.05) is 5.73 Å². The van der Waals surface area contributed by atoms with Gasteiger partial charge in [0.05, 0.1) is 0 Å². The SMILES string of the molecule is Nc1ccc2[nH]cc(Cc3ccccc3)c2c1. The van der Waals surface area contributed by atoms with Crippen LogP contribution in [-0.4, -0.2) is 4.98 Å². The number of rotatable bonds is 2. The Morgan fingerprint density at radius 3 is 2.65 bits per heavy atom. The van der Waals surface area contributed by atoms with Crippen molar-refractivity contribution >= 4 is 16.6 Å². The van der Waals surface area contributed by atoms with Crippen molar-refractivity contribution in [3.63, 3.8) is 0 Å². The largest absolute Gasteiger partial charge is 0.399 e. The van der Waals surface area contributed by atoms with E-state index in [4.69, 9.17) is 5.73 Å². The van der Waals surface area contributed by atoms with E-state index >= 15 is 0 Å². The molecular weight excluding hydrogens is 208 g/mol. The Kier molecular flexibility index (Phi) is 2.33. The minimum atomic E-state index is 0.811. The van der Waals surface area contributed by atoms with Gasteiger partial charge in [0.25, 0.3) is 0 Å². The van der Waals surface area contributed by atoms with Crippen LogP contribution >= 0.6 is 0 Å². The number of nitrogens with one attached hydrogen (secondary N) is 1. The lowest BCUT2D eigenvalue weighted by Crippen LogP contribution is -1.87. The maximum Gasteiger partial charge on any atom is 0.0458 e. The van der Waals surface area contributed by atoms with Crippen LogP contribution in [0.1, 0.15) is 11.1 Å². The maximum absolute atomic E-state index is 5.83. The van der Waals surface area contributed by atoms with Gasteiger partial charge in [-0.2, -0.15) is 0 Å². The van der Waals surface area contributed by atoms with Gasteiger partial charge in [-0.05, 0) is 35.7 Å². The summed E-state index contributed by atoms with van der Waals surface area (Å²) in [5.41, 5.74) is 10.4. The fourth-order valence-corrected chi connectivity index (χ4v) is 2.16. The van der Waals surface area contributed by atoms with E-state index in [1.807, 2.05) is 24.3 Å². The number of aromatic amines is 1. The van der Waals surface area contributed by atoms with Gasteiger partial charge in [0.15, 0.2) is 0 Å². The Morgan fingerprint density at radius 2 is 1.82 bits per heavy atom. The van der Waals surface area contributed by atoms with E-state index in [2.05, 4.69) is 35.4 Å². The van der Waals surface area contributed by atoms with E-state index in [0.717, 1.165) is 17.6 Å². The Labute approximate surface area is 100 Å². The van der Waals surface area contributed by atoms with Crippen molar-refractivity contribution in [1.82, 2.24) is 4.98 Å². The third kappa shape index (κ3) is 1.89. The summed E-state index contributed by atoms with van der Waals surface area (Å²) in [5, 5.41) is 1.22. The average molecular weight is 222 g/mol. The summed E-state index contributed by atoms with van der Waals surface area (Å²) in [5.74, 6) is 0. The van der Waals surface area contributed by atoms with Crippen LogP contribution in [-0.2, 0) is 6.42 Å². The number of hydrogen-bond donors (Lipinski definition) is 2. The molecule has 1 aromatic heterocycles. The summed E-state index contributed by atoms with van der Waals surface area (Å²) in [6.45, 7) is 0. The minimum Gasteiger partial charge on any atom is -0.399 e. The van der Waals surface area contributed by atoms with Crippen molar-refractivity contribution in [3.8, 4) is 0 Å². The lowest BCUT2D eigenvalue weighted by molar-refractivity contribution is 1.21. The topological polar surface area (TPSA) is 41.8 Å². The summed E-state index contributed by atoms with van der Waals surface area (Å²) in [7, 11) is 0. The minimum absolute atomic E-state index is 0.811. The molecule has 17 heavy (non-hydrogen) atoms. The van der Waals surface area contributed by atoms with Gasteiger partial charge in [-0.25, -0.2) is 0 Å². The molecule has 0 saturated heterocycles. The quantitative estimate of drug-likeness (QED) is 0.641. The number of anilines is 1. The summed E-state index contributed by atoms with van der Waals surface area (Å²) in [6.07, 6.45) is 3.00. The molecular formula is C15H14N2. The Hall–Kier alpha value is -2.22. The van der Waals surface area contributed by atoms with E-state index in [1.54, 1.807) is 0 Å². The zero-order valence-corrected chi connectivity index (χ0v) is 9.48. The zero-order chi connectivity index (χ0) is 11.7. The molecule has 0 aliphatic rings. The Morgan fingerprint density at radius 1 is 1.00 bits per heavy atom. The highest BCUT2D eigenvalue weighted by Gasteiger charge is 2.04. The van der Waals surface area contributed by atoms with Gasteiger partial charge in [0.2, 0.25) is 0 Å². The van der Waals surface area contributed by atoms with Crippen molar-refractivity contribution < 1.29 is 0 Å². The fraction of sp³-hybridized carbons (Fsp3) is 0.0667. The van der Waals surface area contributed by atoms with E-state index in [9.17, 15) is 0 Å². The second-order valence-corrected chi connectivity index (χ2v) is 4.28. The van der Waals surface area contributed by atoms with Crippen LogP contribution in [0.2, 0.25) is 0 Å². The molecule has 0 aliphatic heterocycles. The van der Waals surface area contributed by atoms with Gasteiger partial charge in [-0.15, -0.1) is 0 Å². The highest BCUT2D eigenvalue weighted by Crippen LogP contribution is 2.23. The predicted octanol–water partition coefficient (Wildman–Crippen LogP) is 3.34. The molecule has 1 heterocycles. The Balaban J connectivity index is 2.03. The van der Waals surface area contributed by atoms with Crippen molar-refractivity contribution in [3.05, 3.63) is 65.9 Å². The van der Waals surface area contributed by atoms with Crippen LogP contribution in [0.4, 0.5) is 5.69 Å². The molecule has 2 heteroatoms. The first kappa shape index (κ1) is 9.97. The molecule has 2 aromatic carbocycles. The number of H-pyrrole nitrogens is 1. The monoisotopic (exact) mass is 222 g/mol. The smallest absolute Gasteiger partial charge is 0.0458 e. The second-order valence-electron chi connectivity index (χ2n) is 4.28. The van der Waals surface area contributed by atoms with Crippen LogP contribution in [0.25, 0.3) is 10.9 Å². The molecule has 0 spiro atoms. The van der Waals surface area contributed by atoms with Gasteiger partial charge in [-0.1, -0.05) is 30.3 Å². The normalized spacial score (nSPS) is 10.8. The van der Waals surface area contributed by atoms with Crippen molar-refractivity contribution in [2.24, 2.45) is 0 Å². The first-order chi connectivity index (χ1) is 8.33. The molecule has 0 amide bonds. The predicted molar refractivity (Wildman–Crippen MR) is 72.0 cm³/mol. The highest BCUT2D eigenvalue weighted by atomic mass is 14.7.